The molecule has 1 aliphatic heterocycles. The van der Waals surface area contributed by atoms with Crippen molar-refractivity contribution in [3.63, 3.8) is 0 Å². The fraction of sp³-hybridized carbons (Fsp3) is 0.462. The molecule has 0 saturated carbocycles. The van der Waals surface area contributed by atoms with Crippen LogP contribution in [0.2, 0.25) is 0 Å². The Hall–Kier alpha value is -1.80. The monoisotopic (exact) mass is 304 g/mol. The van der Waals surface area contributed by atoms with Crippen molar-refractivity contribution in [1.82, 2.24) is 5.32 Å². The second kappa shape index (κ2) is 5.90. The van der Waals surface area contributed by atoms with E-state index in [4.69, 9.17) is 10.5 Å². The van der Waals surface area contributed by atoms with E-state index in [9.17, 15) is 18.0 Å². The van der Waals surface area contributed by atoms with Gasteiger partial charge in [0, 0.05) is 18.7 Å². The molecule has 116 valence electrons. The summed E-state index contributed by atoms with van der Waals surface area (Å²) < 4.78 is 45.8. The lowest BCUT2D eigenvalue weighted by Crippen LogP contribution is -2.54. The highest BCUT2D eigenvalue weighted by atomic mass is 19.4. The number of para-hydroxylation sites is 1. The Morgan fingerprint density at radius 1 is 1.43 bits per heavy atom. The number of nitrogens with one attached hydrogen (secondary N) is 1. The summed E-state index contributed by atoms with van der Waals surface area (Å²) in [7, 11) is 0. The number of rotatable bonds is 4. The summed E-state index contributed by atoms with van der Waals surface area (Å²) in [6.45, 7) is 0.376. The lowest BCUT2D eigenvalue weighted by Gasteiger charge is -2.21. The zero-order valence-electron chi connectivity index (χ0n) is 11.1. The Morgan fingerprint density at radius 2 is 2.14 bits per heavy atom. The largest absolute Gasteiger partial charge is 0.573 e. The first-order chi connectivity index (χ1) is 9.80. The molecule has 8 heteroatoms. The summed E-state index contributed by atoms with van der Waals surface area (Å²) in [5, 5.41) is 2.52. The molecule has 0 aliphatic carbocycles. The second-order valence-corrected chi connectivity index (χ2v) is 4.80. The average molecular weight is 304 g/mol. The number of carbonyl (C=O) groups is 1. The Labute approximate surface area is 119 Å². The molecule has 1 fully saturated rings. The molecule has 0 aromatic heterocycles. The molecule has 0 bridgehead atoms. The molecule has 3 N–H and O–H groups in total. The fourth-order valence-electron chi connectivity index (χ4n) is 1.99. The highest BCUT2D eigenvalue weighted by Crippen LogP contribution is 2.26. The highest BCUT2D eigenvalue weighted by molar-refractivity contribution is 5.86. The van der Waals surface area contributed by atoms with E-state index in [0.29, 0.717) is 13.0 Å². The predicted molar refractivity (Wildman–Crippen MR) is 67.3 cm³/mol. The summed E-state index contributed by atoms with van der Waals surface area (Å²) in [6, 6.07) is 5.60. The van der Waals surface area contributed by atoms with Crippen molar-refractivity contribution in [3.05, 3.63) is 29.8 Å². The number of halogens is 3. The molecule has 21 heavy (non-hydrogen) atoms. The molecule has 1 amide bonds. The number of benzene rings is 1. The van der Waals surface area contributed by atoms with Crippen LogP contribution in [0, 0.1) is 0 Å². The topological polar surface area (TPSA) is 73.6 Å². The molecule has 1 aromatic carbocycles. The fourth-order valence-corrected chi connectivity index (χ4v) is 1.99. The minimum Gasteiger partial charge on any atom is -0.405 e. The zero-order valence-corrected chi connectivity index (χ0v) is 11.1. The van der Waals surface area contributed by atoms with Gasteiger partial charge in [-0.2, -0.15) is 0 Å². The third kappa shape index (κ3) is 4.08. The van der Waals surface area contributed by atoms with E-state index in [2.05, 4.69) is 10.1 Å². The Bertz CT molecular complexity index is 514. The van der Waals surface area contributed by atoms with Crippen LogP contribution in [-0.2, 0) is 16.1 Å². The van der Waals surface area contributed by atoms with E-state index in [1.54, 1.807) is 6.07 Å². The smallest absolute Gasteiger partial charge is 0.405 e. The van der Waals surface area contributed by atoms with Gasteiger partial charge in [-0.15, -0.1) is 13.2 Å². The number of amides is 1. The van der Waals surface area contributed by atoms with Crippen LogP contribution in [0.15, 0.2) is 24.3 Å². The van der Waals surface area contributed by atoms with E-state index in [0.717, 1.165) is 0 Å². The third-order valence-electron chi connectivity index (χ3n) is 3.14. The van der Waals surface area contributed by atoms with Gasteiger partial charge in [0.15, 0.2) is 0 Å². The van der Waals surface area contributed by atoms with E-state index < -0.39 is 17.8 Å². The van der Waals surface area contributed by atoms with Gasteiger partial charge in [0.2, 0.25) is 5.91 Å². The standard InChI is InChI=1S/C13H15F3N2O3/c14-13(15,16)21-10-4-2-1-3-9(10)7-18-11(19)12(17)5-6-20-8-12/h1-4H,5-8,17H2,(H,18,19). The normalized spacial score (nSPS) is 22.1. The summed E-state index contributed by atoms with van der Waals surface area (Å²) in [4.78, 5) is 12.0. The highest BCUT2D eigenvalue weighted by Gasteiger charge is 2.38. The van der Waals surface area contributed by atoms with Crippen LogP contribution >= 0.6 is 0 Å². The van der Waals surface area contributed by atoms with E-state index >= 15 is 0 Å². The molecule has 2 rings (SSSR count). The molecule has 1 aromatic rings. The number of ether oxygens (including phenoxy) is 2. The van der Waals surface area contributed by atoms with Crippen LogP contribution in [0.25, 0.3) is 0 Å². The van der Waals surface area contributed by atoms with Crippen molar-refractivity contribution in [2.45, 2.75) is 24.9 Å². The molecule has 1 heterocycles. The first-order valence-electron chi connectivity index (χ1n) is 6.29. The molecule has 1 atom stereocenters. The van der Waals surface area contributed by atoms with E-state index in [1.807, 2.05) is 0 Å². The van der Waals surface area contributed by atoms with Gasteiger partial charge in [0.1, 0.15) is 11.3 Å². The van der Waals surface area contributed by atoms with E-state index in [1.165, 1.54) is 18.2 Å². The van der Waals surface area contributed by atoms with Crippen LogP contribution < -0.4 is 15.8 Å². The number of nitrogens with two attached hydrogens (primary N) is 1. The average Bonchev–Trinajstić information content (AvgIpc) is 2.84. The van der Waals surface area contributed by atoms with Crippen molar-refractivity contribution < 1.29 is 27.4 Å². The maximum atomic E-state index is 12.3. The van der Waals surface area contributed by atoms with Crippen LogP contribution in [0.3, 0.4) is 0 Å². The summed E-state index contributed by atoms with van der Waals surface area (Å²) >= 11 is 0. The van der Waals surface area contributed by atoms with Crippen LogP contribution in [0.5, 0.6) is 5.75 Å². The van der Waals surface area contributed by atoms with E-state index in [-0.39, 0.29) is 24.5 Å². The first kappa shape index (κ1) is 15.6. The van der Waals surface area contributed by atoms with Crippen LogP contribution in [0.1, 0.15) is 12.0 Å². The third-order valence-corrected chi connectivity index (χ3v) is 3.14. The van der Waals surface area contributed by atoms with Gasteiger partial charge >= 0.3 is 6.36 Å². The van der Waals surface area contributed by atoms with Crippen molar-refractivity contribution in [2.24, 2.45) is 5.73 Å². The molecule has 0 radical (unpaired) electrons. The molecule has 1 unspecified atom stereocenters. The predicted octanol–water partition coefficient (Wildman–Crippen LogP) is 1.32. The lowest BCUT2D eigenvalue weighted by atomic mass is 9.99. The molecular formula is C13H15F3N2O3. The van der Waals surface area contributed by atoms with Gasteiger partial charge in [0.25, 0.3) is 0 Å². The van der Waals surface area contributed by atoms with Gasteiger partial charge in [0.05, 0.1) is 6.61 Å². The molecule has 1 saturated heterocycles. The maximum absolute atomic E-state index is 12.3. The lowest BCUT2D eigenvalue weighted by molar-refractivity contribution is -0.274. The number of hydrogen-bond acceptors (Lipinski definition) is 4. The zero-order chi connectivity index (χ0) is 15.5. The Morgan fingerprint density at radius 3 is 2.76 bits per heavy atom. The molecule has 5 nitrogen and oxygen atoms in total. The molecular weight excluding hydrogens is 289 g/mol. The minimum absolute atomic E-state index is 0.0968. The number of alkyl halides is 3. The Kier molecular flexibility index (Phi) is 4.38. The summed E-state index contributed by atoms with van der Waals surface area (Å²) in [5.41, 5.74) is 4.95. The summed E-state index contributed by atoms with van der Waals surface area (Å²) in [6.07, 6.45) is -4.41. The van der Waals surface area contributed by atoms with Crippen molar-refractivity contribution in [2.75, 3.05) is 13.2 Å². The number of carbonyl (C=O) groups excluding carboxylic acids is 1. The minimum atomic E-state index is -4.78. The van der Waals surface area contributed by atoms with Gasteiger partial charge in [-0.1, -0.05) is 18.2 Å². The Balaban J connectivity index is 2.01. The second-order valence-electron chi connectivity index (χ2n) is 4.80. The maximum Gasteiger partial charge on any atom is 0.573 e. The van der Waals surface area contributed by atoms with Gasteiger partial charge in [-0.05, 0) is 12.5 Å². The quantitative estimate of drug-likeness (QED) is 0.880. The van der Waals surface area contributed by atoms with Crippen LogP contribution in [-0.4, -0.2) is 31.0 Å². The molecule has 1 aliphatic rings. The van der Waals surface area contributed by atoms with Crippen molar-refractivity contribution >= 4 is 5.91 Å². The van der Waals surface area contributed by atoms with Crippen molar-refractivity contribution in [3.8, 4) is 5.75 Å². The SMILES string of the molecule is NC1(C(=O)NCc2ccccc2OC(F)(F)F)CCOC1. The van der Waals surface area contributed by atoms with Gasteiger partial charge in [-0.3, -0.25) is 4.79 Å². The van der Waals surface area contributed by atoms with Gasteiger partial charge in [-0.25, -0.2) is 0 Å². The summed E-state index contributed by atoms with van der Waals surface area (Å²) in [5.74, 6) is -0.805. The molecule has 0 spiro atoms. The first-order valence-corrected chi connectivity index (χ1v) is 6.29. The van der Waals surface area contributed by atoms with Crippen molar-refractivity contribution in [1.29, 1.82) is 0 Å². The van der Waals surface area contributed by atoms with Crippen LogP contribution in [0.4, 0.5) is 13.2 Å². The number of hydrogen-bond donors (Lipinski definition) is 2. The van der Waals surface area contributed by atoms with Gasteiger partial charge < -0.3 is 20.5 Å².